The molecule has 2 saturated carbocycles. The Morgan fingerprint density at radius 1 is 1.00 bits per heavy atom. The number of carbonyl (C=O) groups is 2. The quantitative estimate of drug-likeness (QED) is 0.356. The normalized spacial score (nSPS) is 16.9. The Kier molecular flexibility index (Phi) is 6.73. The van der Waals surface area contributed by atoms with Crippen LogP contribution in [0.1, 0.15) is 54.4 Å². The van der Waals surface area contributed by atoms with Gasteiger partial charge < -0.3 is 14.9 Å². The molecule has 2 fully saturated rings. The van der Waals surface area contributed by atoms with Gasteiger partial charge in [-0.05, 0) is 62.8 Å². The van der Waals surface area contributed by atoms with Crippen molar-refractivity contribution in [2.24, 2.45) is 5.16 Å². The summed E-state index contributed by atoms with van der Waals surface area (Å²) in [6.45, 7) is 0. The summed E-state index contributed by atoms with van der Waals surface area (Å²) in [5, 5.41) is 6.45. The number of nitrogens with zero attached hydrogens (tertiary/aromatic N) is 2. The van der Waals surface area contributed by atoms with E-state index in [1.807, 2.05) is 0 Å². The number of rotatable bonds is 8. The molecule has 0 atom stereocenters. The number of nitrogens with one attached hydrogen (secondary N) is 1. The molecule has 0 unspecified atom stereocenters. The van der Waals surface area contributed by atoms with Crippen LogP contribution in [0.15, 0.2) is 52.6 Å². The maximum absolute atomic E-state index is 13.0. The summed E-state index contributed by atoms with van der Waals surface area (Å²) in [6.07, 6.45) is 6.43. The average molecular weight is 472 g/mol. The number of pyridine rings is 1. The second-order valence-electron chi connectivity index (χ2n) is 8.10. The number of ether oxygens (including phenoxy) is 1. The molecule has 2 aliphatic rings. The van der Waals surface area contributed by atoms with E-state index in [-0.39, 0.29) is 33.3 Å². The van der Waals surface area contributed by atoms with E-state index < -0.39 is 21.7 Å². The molecule has 0 saturated heterocycles. The minimum Gasteiger partial charge on any atom is -0.465 e. The smallest absolute Gasteiger partial charge is 0.339 e. The lowest BCUT2D eigenvalue weighted by Crippen LogP contribution is -2.25. The number of aromatic nitrogens is 1. The fourth-order valence-electron chi connectivity index (χ4n) is 3.60. The lowest BCUT2D eigenvalue weighted by molar-refractivity contribution is -0.110. The third kappa shape index (κ3) is 5.39. The Bertz CT molecular complexity index is 1150. The molecule has 2 aromatic rings. The Labute approximate surface area is 192 Å². The second-order valence-corrected chi connectivity index (χ2v) is 10.3. The van der Waals surface area contributed by atoms with E-state index in [1.54, 1.807) is 12.1 Å². The SMILES string of the molecule is COC(=O)c1ccc(NC(=O)/C(=N/OC2CCCC2)c2ccc(S(=O)(=O)C3CC3)cc2)nc1. The number of sulfone groups is 1. The van der Waals surface area contributed by atoms with Crippen molar-refractivity contribution in [1.29, 1.82) is 0 Å². The van der Waals surface area contributed by atoms with Gasteiger partial charge in [0.25, 0.3) is 5.91 Å². The molecule has 0 bridgehead atoms. The van der Waals surface area contributed by atoms with Gasteiger partial charge in [0, 0.05) is 11.8 Å². The molecule has 4 rings (SSSR count). The first-order valence-electron chi connectivity index (χ1n) is 10.8. The molecule has 0 radical (unpaired) electrons. The predicted octanol–water partition coefficient (Wildman–Crippen LogP) is 3.11. The molecule has 2 aliphatic carbocycles. The second kappa shape index (κ2) is 9.70. The van der Waals surface area contributed by atoms with Crippen LogP contribution < -0.4 is 5.32 Å². The van der Waals surface area contributed by atoms with Gasteiger partial charge in [-0.1, -0.05) is 17.3 Å². The van der Waals surface area contributed by atoms with Crippen molar-refractivity contribution >= 4 is 33.2 Å². The molecule has 1 N–H and O–H groups in total. The van der Waals surface area contributed by atoms with Gasteiger partial charge in [0.2, 0.25) is 0 Å². The molecule has 0 aliphatic heterocycles. The van der Waals surface area contributed by atoms with E-state index in [0.717, 1.165) is 25.7 Å². The van der Waals surface area contributed by atoms with Gasteiger partial charge in [-0.15, -0.1) is 0 Å². The van der Waals surface area contributed by atoms with E-state index in [4.69, 9.17) is 4.84 Å². The largest absolute Gasteiger partial charge is 0.465 e. The van der Waals surface area contributed by atoms with Crippen molar-refractivity contribution in [2.45, 2.75) is 54.8 Å². The van der Waals surface area contributed by atoms with E-state index in [9.17, 15) is 18.0 Å². The molecule has 10 heteroatoms. The maximum Gasteiger partial charge on any atom is 0.339 e. The van der Waals surface area contributed by atoms with Crippen molar-refractivity contribution in [3.8, 4) is 0 Å². The van der Waals surface area contributed by atoms with Crippen molar-refractivity contribution in [3.05, 3.63) is 53.7 Å². The van der Waals surface area contributed by atoms with E-state index >= 15 is 0 Å². The Morgan fingerprint density at radius 3 is 2.24 bits per heavy atom. The van der Waals surface area contributed by atoms with Crippen LogP contribution in [-0.2, 0) is 24.2 Å². The van der Waals surface area contributed by atoms with E-state index in [2.05, 4.69) is 20.2 Å². The van der Waals surface area contributed by atoms with E-state index in [0.29, 0.717) is 18.4 Å². The number of anilines is 1. The number of hydrogen-bond donors (Lipinski definition) is 1. The summed E-state index contributed by atoms with van der Waals surface area (Å²) in [6, 6.07) is 9.05. The van der Waals surface area contributed by atoms with Crippen LogP contribution in [0.3, 0.4) is 0 Å². The van der Waals surface area contributed by atoms with Crippen molar-refractivity contribution in [1.82, 2.24) is 4.98 Å². The maximum atomic E-state index is 13.0. The molecule has 0 spiro atoms. The van der Waals surface area contributed by atoms with Crippen LogP contribution in [-0.4, -0.2) is 49.5 Å². The predicted molar refractivity (Wildman–Crippen MR) is 121 cm³/mol. The third-order valence-corrected chi connectivity index (χ3v) is 7.93. The first-order chi connectivity index (χ1) is 15.9. The molecule has 174 valence electrons. The highest BCUT2D eigenvalue weighted by molar-refractivity contribution is 7.92. The number of esters is 1. The Balaban J connectivity index is 1.55. The number of oxime groups is 1. The lowest BCUT2D eigenvalue weighted by Gasteiger charge is -2.12. The molecule has 1 aromatic heterocycles. The third-order valence-electron chi connectivity index (χ3n) is 5.66. The average Bonchev–Trinajstić information content (AvgIpc) is 3.57. The minimum atomic E-state index is -3.34. The van der Waals surface area contributed by atoms with Crippen LogP contribution in [0.2, 0.25) is 0 Å². The molecule has 1 aromatic carbocycles. The molecule has 9 nitrogen and oxygen atoms in total. The highest BCUT2D eigenvalue weighted by Crippen LogP contribution is 2.33. The molecule has 1 heterocycles. The Morgan fingerprint density at radius 2 is 1.67 bits per heavy atom. The number of amides is 1. The summed E-state index contributed by atoms with van der Waals surface area (Å²) in [5.41, 5.74) is 0.684. The molecular weight excluding hydrogens is 446 g/mol. The lowest BCUT2D eigenvalue weighted by atomic mass is 10.1. The van der Waals surface area contributed by atoms with Crippen molar-refractivity contribution < 1.29 is 27.6 Å². The summed E-state index contributed by atoms with van der Waals surface area (Å²) >= 11 is 0. The summed E-state index contributed by atoms with van der Waals surface area (Å²) in [4.78, 5) is 34.5. The van der Waals surface area contributed by atoms with Crippen LogP contribution in [0.25, 0.3) is 0 Å². The summed E-state index contributed by atoms with van der Waals surface area (Å²) < 4.78 is 29.6. The highest BCUT2D eigenvalue weighted by atomic mass is 32.2. The fraction of sp³-hybridized carbons (Fsp3) is 0.391. The minimum absolute atomic E-state index is 0.0103. The zero-order chi connectivity index (χ0) is 23.4. The number of benzene rings is 1. The highest BCUT2D eigenvalue weighted by Gasteiger charge is 2.36. The van der Waals surface area contributed by atoms with Gasteiger partial charge in [0.05, 0.1) is 22.8 Å². The number of hydrogen-bond acceptors (Lipinski definition) is 8. The summed E-state index contributed by atoms with van der Waals surface area (Å²) in [5.74, 6) is -0.882. The zero-order valence-electron chi connectivity index (χ0n) is 18.2. The summed E-state index contributed by atoms with van der Waals surface area (Å²) in [7, 11) is -2.07. The first kappa shape index (κ1) is 22.9. The van der Waals surface area contributed by atoms with Gasteiger partial charge in [0.1, 0.15) is 11.9 Å². The molecule has 33 heavy (non-hydrogen) atoms. The van der Waals surface area contributed by atoms with Crippen LogP contribution in [0.5, 0.6) is 0 Å². The van der Waals surface area contributed by atoms with Crippen molar-refractivity contribution in [3.63, 3.8) is 0 Å². The molecule has 1 amide bonds. The molecular formula is C23H25N3O6S. The number of carbonyl (C=O) groups excluding carboxylic acids is 2. The van der Waals surface area contributed by atoms with Gasteiger partial charge in [-0.2, -0.15) is 0 Å². The first-order valence-corrected chi connectivity index (χ1v) is 12.4. The van der Waals surface area contributed by atoms with Gasteiger partial charge in [0.15, 0.2) is 15.5 Å². The van der Waals surface area contributed by atoms with Gasteiger partial charge in [-0.3, -0.25) is 4.79 Å². The standard InChI is InChI=1S/C23H25N3O6S/c1-31-23(28)16-8-13-20(24-14-16)25-22(27)21(26-32-17-4-2-3-5-17)15-6-9-18(10-7-15)33(29,30)19-11-12-19/h6-10,13-14,17,19H,2-5,11-12H2,1H3,(H,24,25,27)/b26-21+. The Hall–Kier alpha value is -3.27. The zero-order valence-corrected chi connectivity index (χ0v) is 19.0. The van der Waals surface area contributed by atoms with Gasteiger partial charge in [-0.25, -0.2) is 18.2 Å². The van der Waals surface area contributed by atoms with Crippen LogP contribution in [0.4, 0.5) is 5.82 Å². The van der Waals surface area contributed by atoms with Crippen LogP contribution >= 0.6 is 0 Å². The fourth-order valence-corrected chi connectivity index (χ4v) is 5.26. The monoisotopic (exact) mass is 471 g/mol. The van der Waals surface area contributed by atoms with E-state index in [1.165, 1.54) is 37.6 Å². The van der Waals surface area contributed by atoms with Gasteiger partial charge >= 0.3 is 5.97 Å². The topological polar surface area (TPSA) is 124 Å². The van der Waals surface area contributed by atoms with Crippen molar-refractivity contribution in [2.75, 3.05) is 12.4 Å². The number of methoxy groups -OCH3 is 1. The van der Waals surface area contributed by atoms with Crippen LogP contribution in [0, 0.1) is 0 Å².